The van der Waals surface area contributed by atoms with E-state index < -0.39 is 0 Å². The predicted molar refractivity (Wildman–Crippen MR) is 79.1 cm³/mol. The van der Waals surface area contributed by atoms with Crippen LogP contribution in [-0.4, -0.2) is 25.1 Å². The zero-order chi connectivity index (χ0) is 13.8. The van der Waals surface area contributed by atoms with Gasteiger partial charge in [0.2, 0.25) is 0 Å². The van der Waals surface area contributed by atoms with E-state index in [1.165, 1.54) is 5.56 Å². The molecule has 1 heterocycles. The van der Waals surface area contributed by atoms with E-state index in [1.807, 2.05) is 6.20 Å². The molecule has 3 nitrogen and oxygen atoms in total. The summed E-state index contributed by atoms with van der Waals surface area (Å²) in [6.45, 7) is 13.0. The van der Waals surface area contributed by atoms with E-state index in [-0.39, 0.29) is 5.41 Å². The van der Waals surface area contributed by atoms with Crippen LogP contribution >= 0.6 is 0 Å². The Morgan fingerprint density at radius 2 is 2.06 bits per heavy atom. The second-order valence-corrected chi connectivity index (χ2v) is 6.14. The van der Waals surface area contributed by atoms with E-state index in [0.717, 1.165) is 18.9 Å². The van der Waals surface area contributed by atoms with Crippen LogP contribution in [0, 0.1) is 5.41 Å². The summed E-state index contributed by atoms with van der Waals surface area (Å²) in [5.74, 6) is 1.05. The first kappa shape index (κ1) is 15.0. The maximum Gasteiger partial charge on any atom is 0.128 e. The molecule has 0 radical (unpaired) electrons. The van der Waals surface area contributed by atoms with E-state index in [4.69, 9.17) is 0 Å². The molecule has 0 saturated heterocycles. The highest BCUT2D eigenvalue weighted by Crippen LogP contribution is 2.21. The zero-order valence-electron chi connectivity index (χ0n) is 12.6. The molecule has 1 rings (SSSR count). The summed E-state index contributed by atoms with van der Waals surface area (Å²) in [6, 6.07) is 4.64. The van der Waals surface area contributed by atoms with Crippen molar-refractivity contribution in [1.82, 2.24) is 10.3 Å². The van der Waals surface area contributed by atoms with Gasteiger partial charge >= 0.3 is 0 Å². The van der Waals surface area contributed by atoms with Crippen LogP contribution in [0.1, 0.15) is 46.2 Å². The molecule has 1 N–H and O–H groups in total. The SMILES string of the molecule is CCNC(C)c1ccnc(N(C)CC(C)(C)C)c1. The topological polar surface area (TPSA) is 28.2 Å². The molecule has 0 fully saturated rings. The number of hydrogen-bond donors (Lipinski definition) is 1. The van der Waals surface area contributed by atoms with Gasteiger partial charge in [0, 0.05) is 25.8 Å². The fourth-order valence-corrected chi connectivity index (χ4v) is 2.13. The Balaban J connectivity index is 2.81. The molecule has 0 saturated carbocycles. The molecular formula is C15H27N3. The molecule has 1 aromatic heterocycles. The lowest BCUT2D eigenvalue weighted by atomic mass is 9.96. The van der Waals surface area contributed by atoms with Crippen LogP contribution in [0.3, 0.4) is 0 Å². The molecule has 1 aromatic rings. The number of rotatable bonds is 5. The van der Waals surface area contributed by atoms with Gasteiger partial charge in [0.25, 0.3) is 0 Å². The standard InChI is InChI=1S/C15H27N3/c1-7-16-12(2)13-8-9-17-14(10-13)18(6)11-15(3,4)5/h8-10,12,16H,7,11H2,1-6H3. The van der Waals surface area contributed by atoms with Crippen molar-refractivity contribution in [3.05, 3.63) is 23.9 Å². The third-order valence-corrected chi connectivity index (χ3v) is 2.88. The molecule has 18 heavy (non-hydrogen) atoms. The Labute approximate surface area is 112 Å². The normalized spacial score (nSPS) is 13.4. The van der Waals surface area contributed by atoms with Crippen molar-refractivity contribution in [3.63, 3.8) is 0 Å². The van der Waals surface area contributed by atoms with Crippen LogP contribution in [0.25, 0.3) is 0 Å². The van der Waals surface area contributed by atoms with Gasteiger partial charge in [-0.3, -0.25) is 0 Å². The largest absolute Gasteiger partial charge is 0.359 e. The van der Waals surface area contributed by atoms with Crippen molar-refractivity contribution in [2.24, 2.45) is 5.41 Å². The lowest BCUT2D eigenvalue weighted by Gasteiger charge is -2.28. The van der Waals surface area contributed by atoms with E-state index in [9.17, 15) is 0 Å². The minimum atomic E-state index is 0.277. The molecule has 3 heteroatoms. The van der Waals surface area contributed by atoms with Gasteiger partial charge in [-0.25, -0.2) is 4.98 Å². The number of hydrogen-bond acceptors (Lipinski definition) is 3. The van der Waals surface area contributed by atoms with Crippen LogP contribution in [0.4, 0.5) is 5.82 Å². The molecule has 0 aliphatic heterocycles. The van der Waals surface area contributed by atoms with Gasteiger partial charge in [-0.2, -0.15) is 0 Å². The van der Waals surface area contributed by atoms with Crippen LogP contribution in [0.2, 0.25) is 0 Å². The maximum atomic E-state index is 4.46. The fourth-order valence-electron chi connectivity index (χ4n) is 2.13. The Bertz CT molecular complexity index is 368. The van der Waals surface area contributed by atoms with E-state index in [1.54, 1.807) is 0 Å². The summed E-state index contributed by atoms with van der Waals surface area (Å²) < 4.78 is 0. The number of aromatic nitrogens is 1. The van der Waals surface area contributed by atoms with Gasteiger partial charge in [-0.1, -0.05) is 27.7 Å². The van der Waals surface area contributed by atoms with Gasteiger partial charge < -0.3 is 10.2 Å². The minimum Gasteiger partial charge on any atom is -0.359 e. The Morgan fingerprint density at radius 1 is 1.39 bits per heavy atom. The van der Waals surface area contributed by atoms with Crippen LogP contribution in [0.5, 0.6) is 0 Å². The van der Waals surface area contributed by atoms with Crippen molar-refractivity contribution in [2.45, 2.75) is 40.7 Å². The van der Waals surface area contributed by atoms with Crippen LogP contribution < -0.4 is 10.2 Å². The third kappa shape index (κ3) is 4.65. The van der Waals surface area contributed by atoms with Crippen molar-refractivity contribution < 1.29 is 0 Å². The van der Waals surface area contributed by atoms with Crippen molar-refractivity contribution in [1.29, 1.82) is 0 Å². The number of nitrogens with one attached hydrogen (secondary N) is 1. The van der Waals surface area contributed by atoms with Crippen LogP contribution in [-0.2, 0) is 0 Å². The monoisotopic (exact) mass is 249 g/mol. The summed E-state index contributed by atoms with van der Waals surface area (Å²) in [4.78, 5) is 6.69. The van der Waals surface area contributed by atoms with Crippen molar-refractivity contribution in [3.8, 4) is 0 Å². The number of anilines is 1. The molecule has 0 amide bonds. The zero-order valence-corrected chi connectivity index (χ0v) is 12.6. The van der Waals surface area contributed by atoms with Gasteiger partial charge in [0.15, 0.2) is 0 Å². The predicted octanol–water partition coefficient (Wildman–Crippen LogP) is 3.23. The van der Waals surface area contributed by atoms with E-state index in [2.05, 4.69) is 69.0 Å². The van der Waals surface area contributed by atoms with E-state index >= 15 is 0 Å². The summed E-state index contributed by atoms with van der Waals surface area (Å²) >= 11 is 0. The average molecular weight is 249 g/mol. The lowest BCUT2D eigenvalue weighted by molar-refractivity contribution is 0.417. The van der Waals surface area contributed by atoms with Gasteiger partial charge in [0.05, 0.1) is 0 Å². The Hall–Kier alpha value is -1.09. The highest BCUT2D eigenvalue weighted by molar-refractivity contribution is 5.41. The maximum absolute atomic E-state index is 4.46. The van der Waals surface area contributed by atoms with E-state index in [0.29, 0.717) is 6.04 Å². The Kier molecular flexibility index (Phi) is 5.15. The van der Waals surface area contributed by atoms with Gasteiger partial charge in [-0.05, 0) is 36.6 Å². The van der Waals surface area contributed by atoms with Crippen molar-refractivity contribution >= 4 is 5.82 Å². The summed E-state index contributed by atoms with van der Waals surface area (Å²) in [5, 5.41) is 3.43. The van der Waals surface area contributed by atoms with Crippen molar-refractivity contribution in [2.75, 3.05) is 25.0 Å². The molecule has 0 bridgehead atoms. The first-order valence-electron chi connectivity index (χ1n) is 6.74. The fraction of sp³-hybridized carbons (Fsp3) is 0.667. The first-order chi connectivity index (χ1) is 8.33. The molecule has 0 aliphatic rings. The smallest absolute Gasteiger partial charge is 0.128 e. The molecule has 1 atom stereocenters. The second kappa shape index (κ2) is 6.19. The highest BCUT2D eigenvalue weighted by atomic mass is 15.2. The quantitative estimate of drug-likeness (QED) is 0.868. The lowest BCUT2D eigenvalue weighted by Crippen LogP contribution is -2.30. The van der Waals surface area contributed by atoms with Gasteiger partial charge in [0.1, 0.15) is 5.82 Å². The molecule has 1 unspecified atom stereocenters. The summed E-state index contributed by atoms with van der Waals surface area (Å²) in [5.41, 5.74) is 1.57. The Morgan fingerprint density at radius 3 is 2.61 bits per heavy atom. The molecular weight excluding hydrogens is 222 g/mol. The number of pyridine rings is 1. The molecule has 0 aliphatic carbocycles. The first-order valence-corrected chi connectivity index (χ1v) is 6.74. The highest BCUT2D eigenvalue weighted by Gasteiger charge is 2.15. The minimum absolute atomic E-state index is 0.277. The second-order valence-electron chi connectivity index (χ2n) is 6.14. The van der Waals surface area contributed by atoms with Crippen LogP contribution in [0.15, 0.2) is 18.3 Å². The average Bonchev–Trinajstić information content (AvgIpc) is 2.27. The summed E-state index contributed by atoms with van der Waals surface area (Å²) in [6.07, 6.45) is 1.90. The summed E-state index contributed by atoms with van der Waals surface area (Å²) in [7, 11) is 2.11. The molecule has 0 aromatic carbocycles. The van der Waals surface area contributed by atoms with Gasteiger partial charge in [-0.15, -0.1) is 0 Å². The molecule has 0 spiro atoms. The number of nitrogens with zero attached hydrogens (tertiary/aromatic N) is 2. The third-order valence-electron chi connectivity index (χ3n) is 2.88. The molecule has 102 valence electrons.